The second-order valence-corrected chi connectivity index (χ2v) is 7.94. The Morgan fingerprint density at radius 2 is 1.89 bits per heavy atom. The highest BCUT2D eigenvalue weighted by molar-refractivity contribution is 5.44. The highest BCUT2D eigenvalue weighted by Crippen LogP contribution is 2.43. The molecule has 2 aromatic carbocycles. The molecule has 144 valence electrons. The van der Waals surface area contributed by atoms with Gasteiger partial charge in [-0.15, -0.1) is 0 Å². The van der Waals surface area contributed by atoms with Gasteiger partial charge in [0.2, 0.25) is 0 Å². The van der Waals surface area contributed by atoms with Gasteiger partial charge in [-0.2, -0.15) is 0 Å². The summed E-state index contributed by atoms with van der Waals surface area (Å²) in [5.74, 6) is 2.44. The molecule has 0 radical (unpaired) electrons. The first-order valence-corrected chi connectivity index (χ1v) is 10.1. The van der Waals surface area contributed by atoms with Crippen LogP contribution in [0.3, 0.4) is 0 Å². The maximum absolute atomic E-state index is 9.71. The Morgan fingerprint density at radius 1 is 1.15 bits per heavy atom. The normalized spacial score (nSPS) is 23.5. The Labute approximate surface area is 161 Å². The monoisotopic (exact) mass is 367 g/mol. The zero-order valence-corrected chi connectivity index (χ0v) is 16.2. The second-order valence-electron chi connectivity index (χ2n) is 7.94. The van der Waals surface area contributed by atoms with Crippen molar-refractivity contribution >= 4 is 0 Å². The van der Waals surface area contributed by atoms with E-state index in [9.17, 15) is 5.11 Å². The van der Waals surface area contributed by atoms with Crippen LogP contribution < -0.4 is 9.47 Å². The minimum Gasteiger partial charge on any atom is -0.508 e. The number of aromatic hydroxyl groups is 1. The van der Waals surface area contributed by atoms with Crippen LogP contribution >= 0.6 is 0 Å². The van der Waals surface area contributed by atoms with E-state index >= 15 is 0 Å². The fraction of sp³-hybridized carbons (Fsp3) is 0.478. The van der Waals surface area contributed by atoms with E-state index in [-0.39, 0.29) is 6.10 Å². The molecule has 4 heteroatoms. The van der Waals surface area contributed by atoms with E-state index in [2.05, 4.69) is 30.9 Å². The van der Waals surface area contributed by atoms with Gasteiger partial charge in [-0.05, 0) is 81.1 Å². The highest BCUT2D eigenvalue weighted by atomic mass is 16.5. The van der Waals surface area contributed by atoms with Crippen molar-refractivity contribution < 1.29 is 14.6 Å². The van der Waals surface area contributed by atoms with Gasteiger partial charge in [0.05, 0.1) is 0 Å². The van der Waals surface area contributed by atoms with Crippen LogP contribution in [0.15, 0.2) is 42.5 Å². The maximum Gasteiger partial charge on any atom is 0.124 e. The van der Waals surface area contributed by atoms with Crippen LogP contribution in [0.25, 0.3) is 0 Å². The number of hydrogen-bond donors (Lipinski definition) is 1. The molecule has 27 heavy (non-hydrogen) atoms. The third-order valence-corrected chi connectivity index (χ3v) is 5.87. The summed E-state index contributed by atoms with van der Waals surface area (Å²) in [6.07, 6.45) is 3.56. The molecule has 2 aliphatic rings. The topological polar surface area (TPSA) is 41.9 Å². The lowest BCUT2D eigenvalue weighted by Crippen LogP contribution is -2.34. The lowest BCUT2D eigenvalue weighted by atomic mass is 9.89. The first-order chi connectivity index (χ1) is 13.1. The highest BCUT2D eigenvalue weighted by Gasteiger charge is 2.27. The Kier molecular flexibility index (Phi) is 5.26. The first-order valence-electron chi connectivity index (χ1n) is 10.1. The summed E-state index contributed by atoms with van der Waals surface area (Å²) in [5.41, 5.74) is 2.25. The third-order valence-electron chi connectivity index (χ3n) is 5.87. The van der Waals surface area contributed by atoms with Gasteiger partial charge in [0, 0.05) is 11.6 Å². The van der Waals surface area contributed by atoms with Crippen LogP contribution in [0.5, 0.6) is 17.2 Å². The van der Waals surface area contributed by atoms with Crippen molar-refractivity contribution in [3.05, 3.63) is 53.6 Å². The molecule has 0 unspecified atom stereocenters. The lowest BCUT2D eigenvalue weighted by Gasteiger charge is -2.31. The smallest absolute Gasteiger partial charge is 0.124 e. The van der Waals surface area contributed by atoms with E-state index in [1.54, 1.807) is 6.07 Å². The van der Waals surface area contributed by atoms with E-state index in [1.165, 1.54) is 31.5 Å². The lowest BCUT2D eigenvalue weighted by molar-refractivity contribution is 0.162. The largest absolute Gasteiger partial charge is 0.508 e. The van der Waals surface area contributed by atoms with Gasteiger partial charge in [0.25, 0.3) is 0 Å². The van der Waals surface area contributed by atoms with Crippen molar-refractivity contribution in [3.63, 3.8) is 0 Å². The summed E-state index contributed by atoms with van der Waals surface area (Å²) in [5, 5.41) is 9.71. The number of hydrogen-bond acceptors (Lipinski definition) is 4. The summed E-state index contributed by atoms with van der Waals surface area (Å²) in [7, 11) is 0. The quantitative estimate of drug-likeness (QED) is 0.818. The van der Waals surface area contributed by atoms with Gasteiger partial charge in [-0.3, -0.25) is 4.90 Å². The van der Waals surface area contributed by atoms with E-state index in [4.69, 9.17) is 9.47 Å². The molecule has 1 N–H and O–H groups in total. The van der Waals surface area contributed by atoms with E-state index < -0.39 is 0 Å². The van der Waals surface area contributed by atoms with Crippen LogP contribution in [0.2, 0.25) is 0 Å². The molecule has 4 nitrogen and oxygen atoms in total. The third kappa shape index (κ3) is 4.06. The van der Waals surface area contributed by atoms with Gasteiger partial charge < -0.3 is 14.6 Å². The zero-order valence-electron chi connectivity index (χ0n) is 16.2. The summed E-state index contributed by atoms with van der Waals surface area (Å²) < 4.78 is 12.2. The molecule has 0 spiro atoms. The average molecular weight is 367 g/mol. The molecule has 4 rings (SSSR count). The van der Waals surface area contributed by atoms with Crippen molar-refractivity contribution in [2.75, 3.05) is 19.7 Å². The van der Waals surface area contributed by atoms with Crippen molar-refractivity contribution in [3.8, 4) is 17.2 Å². The molecule has 0 saturated carbocycles. The van der Waals surface area contributed by atoms with Gasteiger partial charge >= 0.3 is 0 Å². The average Bonchev–Trinajstić information content (AvgIpc) is 3.22. The maximum atomic E-state index is 9.71. The Bertz CT molecular complexity index is 768. The molecule has 2 aromatic rings. The fourth-order valence-corrected chi connectivity index (χ4v) is 4.17. The number of phenolic OH excluding ortho intramolecular Hbond substituents is 1. The Hall–Kier alpha value is -2.20. The fourth-order valence-electron chi connectivity index (χ4n) is 4.17. The van der Waals surface area contributed by atoms with Crippen LogP contribution in [0.4, 0.5) is 0 Å². The van der Waals surface area contributed by atoms with Gasteiger partial charge in [-0.25, -0.2) is 0 Å². The number of nitrogens with zero attached hydrogens (tertiary/aromatic N) is 1. The van der Waals surface area contributed by atoms with Crippen molar-refractivity contribution in [1.82, 2.24) is 4.90 Å². The number of rotatable bonds is 5. The minimum absolute atomic E-state index is 0.0367. The SMILES string of the molecule is C[C@H]1C[C@H](c2ccc(OC[C@H](C)N3CCCC3)cc2)Oc2ccc(O)cc21. The minimum atomic E-state index is 0.0367. The molecule has 0 bridgehead atoms. The summed E-state index contributed by atoms with van der Waals surface area (Å²) in [4.78, 5) is 2.50. The van der Waals surface area contributed by atoms with Crippen molar-refractivity contribution in [2.45, 2.75) is 51.2 Å². The van der Waals surface area contributed by atoms with Crippen molar-refractivity contribution in [2.24, 2.45) is 0 Å². The number of likely N-dealkylation sites (tertiary alicyclic amines) is 1. The molecule has 2 aliphatic heterocycles. The summed E-state index contributed by atoms with van der Waals surface area (Å²) in [6.45, 7) is 7.55. The van der Waals surface area contributed by atoms with Crippen LogP contribution in [0.1, 0.15) is 56.3 Å². The molecule has 1 saturated heterocycles. The second kappa shape index (κ2) is 7.81. The zero-order chi connectivity index (χ0) is 18.8. The number of ether oxygens (including phenoxy) is 2. The first kappa shape index (κ1) is 18.2. The summed E-state index contributed by atoms with van der Waals surface area (Å²) >= 11 is 0. The van der Waals surface area contributed by atoms with Crippen LogP contribution in [-0.4, -0.2) is 35.7 Å². The Balaban J connectivity index is 1.38. The van der Waals surface area contributed by atoms with Crippen LogP contribution in [-0.2, 0) is 0 Å². The molecular weight excluding hydrogens is 338 g/mol. The predicted octanol–water partition coefficient (Wildman–Crippen LogP) is 4.88. The van der Waals surface area contributed by atoms with E-state index in [1.807, 2.05) is 24.3 Å². The number of fused-ring (bicyclic) bond motifs is 1. The van der Waals surface area contributed by atoms with Gasteiger partial charge in [0.1, 0.15) is 30.0 Å². The molecular formula is C23H29NO3. The van der Waals surface area contributed by atoms with Crippen LogP contribution in [0, 0.1) is 0 Å². The summed E-state index contributed by atoms with van der Waals surface area (Å²) in [6, 6.07) is 14.1. The van der Waals surface area contributed by atoms with Crippen molar-refractivity contribution in [1.29, 1.82) is 0 Å². The molecule has 2 heterocycles. The predicted molar refractivity (Wildman–Crippen MR) is 107 cm³/mol. The Morgan fingerprint density at radius 3 is 2.63 bits per heavy atom. The molecule has 3 atom stereocenters. The van der Waals surface area contributed by atoms with Gasteiger partial charge in [-0.1, -0.05) is 19.1 Å². The molecule has 1 fully saturated rings. The molecule has 0 aromatic heterocycles. The molecule has 0 aliphatic carbocycles. The van der Waals surface area contributed by atoms with Gasteiger partial charge in [0.15, 0.2) is 0 Å². The van der Waals surface area contributed by atoms with E-state index in [0.29, 0.717) is 17.7 Å². The standard InChI is InChI=1S/C23H29NO3/c1-16-13-23(27-22-10-7-19(25)14-21(16)22)18-5-8-20(9-6-18)26-15-17(2)24-11-3-4-12-24/h5-10,14,16-17,23,25H,3-4,11-13,15H2,1-2H3/t16-,17-,23+/m0/s1. The number of benzene rings is 2. The number of phenols is 1. The van der Waals surface area contributed by atoms with E-state index in [0.717, 1.165) is 30.1 Å². The molecule has 0 amide bonds.